The van der Waals surface area contributed by atoms with E-state index in [1.54, 1.807) is 13.8 Å². The summed E-state index contributed by atoms with van der Waals surface area (Å²) in [6, 6.07) is 7.70. The largest absolute Gasteiger partial charge is 0.389 e. The van der Waals surface area contributed by atoms with Crippen LogP contribution in [0.2, 0.25) is 0 Å². The number of aryl methyl sites for hydroxylation is 1. The molecule has 1 amide bonds. The summed E-state index contributed by atoms with van der Waals surface area (Å²) >= 11 is 0. The van der Waals surface area contributed by atoms with Gasteiger partial charge in [-0.1, -0.05) is 24.6 Å². The number of carbonyl (C=O) groups is 1. The molecule has 19 heavy (non-hydrogen) atoms. The third kappa shape index (κ3) is 6.36. The average Bonchev–Trinajstić information content (AvgIpc) is 2.29. The molecule has 0 aliphatic rings. The Hall–Kier alpha value is -1.39. The first-order valence-corrected chi connectivity index (χ1v) is 6.61. The Kier molecular flexibility index (Phi) is 5.51. The minimum absolute atomic E-state index is 0.0602. The van der Waals surface area contributed by atoms with E-state index in [1.165, 1.54) is 0 Å². The van der Waals surface area contributed by atoms with Crippen molar-refractivity contribution in [2.24, 2.45) is 0 Å². The van der Waals surface area contributed by atoms with E-state index in [0.29, 0.717) is 6.54 Å². The molecule has 1 rings (SSSR count). The first-order valence-electron chi connectivity index (χ1n) is 6.61. The van der Waals surface area contributed by atoms with E-state index < -0.39 is 5.60 Å². The molecule has 0 fully saturated rings. The maximum Gasteiger partial charge on any atom is 0.238 e. The molecule has 106 valence electrons. The number of carbonyl (C=O) groups excluding carboxylic acids is 1. The van der Waals surface area contributed by atoms with Gasteiger partial charge in [0.2, 0.25) is 5.91 Å². The lowest BCUT2D eigenvalue weighted by Gasteiger charge is -2.27. The number of anilines is 1. The third-order valence-electron chi connectivity index (χ3n) is 2.76. The molecule has 0 aliphatic heterocycles. The molecule has 0 saturated carbocycles. The first kappa shape index (κ1) is 15.7. The lowest BCUT2D eigenvalue weighted by molar-refractivity contribution is -0.117. The highest BCUT2D eigenvalue weighted by molar-refractivity contribution is 5.92. The number of amides is 1. The van der Waals surface area contributed by atoms with Crippen LogP contribution in [0.15, 0.2) is 24.3 Å². The first-order chi connectivity index (χ1) is 8.80. The van der Waals surface area contributed by atoms with Gasteiger partial charge in [-0.05, 0) is 39.4 Å². The Morgan fingerprint density at radius 2 is 1.89 bits per heavy atom. The van der Waals surface area contributed by atoms with Gasteiger partial charge in [-0.15, -0.1) is 0 Å². The second kappa shape index (κ2) is 6.68. The molecule has 2 N–H and O–H groups in total. The zero-order valence-corrected chi connectivity index (χ0v) is 12.2. The molecule has 0 saturated heterocycles. The standard InChI is InChI=1S/C15H24N2O2/c1-5-17(11-15(3,4)19)10-14(18)16-13-8-6-12(2)7-9-13/h6-9,19H,5,10-11H2,1-4H3,(H,16,18). The van der Waals surface area contributed by atoms with Gasteiger partial charge < -0.3 is 10.4 Å². The monoisotopic (exact) mass is 264 g/mol. The van der Waals surface area contributed by atoms with Crippen LogP contribution in [0.3, 0.4) is 0 Å². The summed E-state index contributed by atoms with van der Waals surface area (Å²) in [6.07, 6.45) is 0. The van der Waals surface area contributed by atoms with E-state index in [0.717, 1.165) is 17.8 Å². The average molecular weight is 264 g/mol. The van der Waals surface area contributed by atoms with Crippen LogP contribution in [0.5, 0.6) is 0 Å². The zero-order chi connectivity index (χ0) is 14.5. The molecule has 0 aliphatic carbocycles. The number of aliphatic hydroxyl groups is 1. The highest BCUT2D eigenvalue weighted by Crippen LogP contribution is 2.09. The molecule has 1 aromatic rings. The molecular weight excluding hydrogens is 240 g/mol. The second-order valence-corrected chi connectivity index (χ2v) is 5.53. The van der Waals surface area contributed by atoms with E-state index in [-0.39, 0.29) is 12.5 Å². The summed E-state index contributed by atoms with van der Waals surface area (Å²) in [5.74, 6) is -0.0602. The van der Waals surface area contributed by atoms with Gasteiger partial charge in [0.1, 0.15) is 0 Å². The maximum atomic E-state index is 11.9. The van der Waals surface area contributed by atoms with Crippen LogP contribution >= 0.6 is 0 Å². The number of rotatable bonds is 6. The molecule has 0 unspecified atom stereocenters. The zero-order valence-electron chi connectivity index (χ0n) is 12.2. The summed E-state index contributed by atoms with van der Waals surface area (Å²) < 4.78 is 0. The van der Waals surface area contributed by atoms with Crippen molar-refractivity contribution in [3.63, 3.8) is 0 Å². The van der Waals surface area contributed by atoms with Crippen LogP contribution in [0, 0.1) is 6.92 Å². The molecule has 0 spiro atoms. The molecule has 4 heteroatoms. The fourth-order valence-electron chi connectivity index (χ4n) is 1.87. The number of nitrogens with zero attached hydrogens (tertiary/aromatic N) is 1. The third-order valence-corrected chi connectivity index (χ3v) is 2.76. The number of benzene rings is 1. The van der Waals surface area contributed by atoms with E-state index in [9.17, 15) is 9.90 Å². The van der Waals surface area contributed by atoms with E-state index in [2.05, 4.69) is 5.32 Å². The fraction of sp³-hybridized carbons (Fsp3) is 0.533. The Morgan fingerprint density at radius 3 is 2.37 bits per heavy atom. The lowest BCUT2D eigenvalue weighted by atomic mass is 10.1. The van der Waals surface area contributed by atoms with Crippen LogP contribution in [-0.4, -0.2) is 41.1 Å². The molecule has 0 heterocycles. The van der Waals surface area contributed by atoms with E-state index >= 15 is 0 Å². The molecule has 1 aromatic carbocycles. The molecule has 0 aromatic heterocycles. The summed E-state index contributed by atoms with van der Waals surface area (Å²) in [6.45, 7) is 8.96. The lowest BCUT2D eigenvalue weighted by Crippen LogP contribution is -2.42. The summed E-state index contributed by atoms with van der Waals surface area (Å²) in [5, 5.41) is 12.6. The van der Waals surface area contributed by atoms with Crippen LogP contribution in [-0.2, 0) is 4.79 Å². The topological polar surface area (TPSA) is 52.6 Å². The maximum absolute atomic E-state index is 11.9. The van der Waals surface area contributed by atoms with Crippen LogP contribution < -0.4 is 5.32 Å². The quantitative estimate of drug-likeness (QED) is 0.826. The van der Waals surface area contributed by atoms with E-state index in [4.69, 9.17) is 0 Å². The predicted molar refractivity (Wildman–Crippen MR) is 78.2 cm³/mol. The molecule has 4 nitrogen and oxygen atoms in total. The minimum Gasteiger partial charge on any atom is -0.389 e. The van der Waals surface area contributed by atoms with Crippen molar-refractivity contribution in [3.05, 3.63) is 29.8 Å². The molecule has 0 radical (unpaired) electrons. The highest BCUT2D eigenvalue weighted by Gasteiger charge is 2.19. The smallest absolute Gasteiger partial charge is 0.238 e. The predicted octanol–water partition coefficient (Wildman–Crippen LogP) is 2.03. The van der Waals surface area contributed by atoms with Crippen molar-refractivity contribution >= 4 is 11.6 Å². The van der Waals surface area contributed by atoms with Crippen molar-refractivity contribution in [2.75, 3.05) is 25.0 Å². The van der Waals surface area contributed by atoms with Crippen LogP contribution in [0.25, 0.3) is 0 Å². The normalized spacial score (nSPS) is 11.7. The van der Waals surface area contributed by atoms with Crippen LogP contribution in [0.1, 0.15) is 26.3 Å². The second-order valence-electron chi connectivity index (χ2n) is 5.53. The Morgan fingerprint density at radius 1 is 1.32 bits per heavy atom. The van der Waals surface area contributed by atoms with Gasteiger partial charge in [0.15, 0.2) is 0 Å². The molecule has 0 bridgehead atoms. The minimum atomic E-state index is -0.792. The van der Waals surface area contributed by atoms with Gasteiger partial charge in [0.25, 0.3) is 0 Å². The van der Waals surface area contributed by atoms with Crippen LogP contribution in [0.4, 0.5) is 5.69 Å². The van der Waals surface area contributed by atoms with E-state index in [1.807, 2.05) is 43.0 Å². The number of hydrogen-bond acceptors (Lipinski definition) is 3. The summed E-state index contributed by atoms with van der Waals surface area (Å²) in [4.78, 5) is 13.8. The van der Waals surface area contributed by atoms with Crippen molar-refractivity contribution in [1.82, 2.24) is 4.90 Å². The molecule has 0 atom stereocenters. The Bertz CT molecular complexity index is 407. The highest BCUT2D eigenvalue weighted by atomic mass is 16.3. The van der Waals surface area contributed by atoms with Crippen molar-refractivity contribution in [1.29, 1.82) is 0 Å². The van der Waals surface area contributed by atoms with Gasteiger partial charge in [0, 0.05) is 12.2 Å². The van der Waals surface area contributed by atoms with Gasteiger partial charge in [0.05, 0.1) is 12.1 Å². The SMILES string of the molecule is CCN(CC(=O)Nc1ccc(C)cc1)CC(C)(C)O. The van der Waals surface area contributed by atoms with Gasteiger partial charge >= 0.3 is 0 Å². The Labute approximate surface area is 115 Å². The van der Waals surface area contributed by atoms with Gasteiger partial charge in [-0.25, -0.2) is 0 Å². The summed E-state index contributed by atoms with van der Waals surface area (Å²) in [7, 11) is 0. The van der Waals surface area contributed by atoms with Crippen molar-refractivity contribution in [3.8, 4) is 0 Å². The molecular formula is C15H24N2O2. The fourth-order valence-corrected chi connectivity index (χ4v) is 1.87. The Balaban J connectivity index is 2.51. The van der Waals surface area contributed by atoms with Crippen molar-refractivity contribution < 1.29 is 9.90 Å². The number of nitrogens with one attached hydrogen (secondary N) is 1. The summed E-state index contributed by atoms with van der Waals surface area (Å²) in [5.41, 5.74) is 1.17. The van der Waals surface area contributed by atoms with Gasteiger partial charge in [-0.3, -0.25) is 9.69 Å². The number of hydrogen-bond donors (Lipinski definition) is 2. The van der Waals surface area contributed by atoms with Crippen molar-refractivity contribution in [2.45, 2.75) is 33.3 Å². The number of likely N-dealkylation sites (N-methyl/N-ethyl adjacent to an activating group) is 1. The van der Waals surface area contributed by atoms with Gasteiger partial charge in [-0.2, -0.15) is 0 Å².